The number of aryl methyl sites for hydroxylation is 2. The van der Waals surface area contributed by atoms with Crippen LogP contribution < -0.4 is 0 Å². The standard InChI is InChI=1S/C34H50O4/c1-6-12-27(29(8-3)32(37)17-22(4)35)18-24-19-30-28(15-16-31(36)26-13-10-9-11-14-26)21-25(7-2)23(5)34(30)33(38)20-24/h21,24,26-27,29H,6-20H2,1-5H3. The Bertz CT molecular complexity index is 1010. The molecule has 0 aliphatic heterocycles. The van der Waals surface area contributed by atoms with Crippen LogP contribution in [0.2, 0.25) is 0 Å². The molecule has 0 N–H and O–H groups in total. The van der Waals surface area contributed by atoms with Crippen molar-refractivity contribution in [2.75, 3.05) is 0 Å². The molecule has 0 spiro atoms. The Morgan fingerprint density at radius 1 is 1.00 bits per heavy atom. The second kappa shape index (κ2) is 14.3. The van der Waals surface area contributed by atoms with E-state index in [4.69, 9.17) is 0 Å². The van der Waals surface area contributed by atoms with Crippen molar-refractivity contribution in [2.24, 2.45) is 23.7 Å². The van der Waals surface area contributed by atoms with Crippen molar-refractivity contribution in [2.45, 2.75) is 131 Å². The number of Topliss-reactive ketones (excluding diaryl/α,β-unsaturated/α-hetero) is 4. The third-order valence-corrected chi connectivity index (χ3v) is 9.36. The number of rotatable bonds is 14. The van der Waals surface area contributed by atoms with E-state index in [-0.39, 0.29) is 47.4 Å². The molecule has 4 nitrogen and oxygen atoms in total. The highest BCUT2D eigenvalue weighted by Crippen LogP contribution is 2.39. The van der Waals surface area contributed by atoms with Gasteiger partial charge in [0.15, 0.2) is 5.78 Å². The summed E-state index contributed by atoms with van der Waals surface area (Å²) in [4.78, 5) is 51.2. The van der Waals surface area contributed by atoms with Gasteiger partial charge in [-0.2, -0.15) is 0 Å². The summed E-state index contributed by atoms with van der Waals surface area (Å²) in [6, 6.07) is 2.27. The minimum absolute atomic E-state index is 0.0172. The van der Waals surface area contributed by atoms with Crippen molar-refractivity contribution in [1.29, 1.82) is 0 Å². The highest BCUT2D eigenvalue weighted by molar-refractivity contribution is 6.01. The fourth-order valence-electron chi connectivity index (χ4n) is 7.41. The van der Waals surface area contributed by atoms with E-state index in [2.05, 4.69) is 26.8 Å². The van der Waals surface area contributed by atoms with E-state index in [1.807, 2.05) is 6.92 Å². The summed E-state index contributed by atoms with van der Waals surface area (Å²) in [5, 5.41) is 0. The Labute approximate surface area is 230 Å². The summed E-state index contributed by atoms with van der Waals surface area (Å²) < 4.78 is 0. The van der Waals surface area contributed by atoms with Crippen LogP contribution in [-0.4, -0.2) is 23.1 Å². The molecule has 0 saturated heterocycles. The molecule has 1 aromatic rings. The first kappa shape index (κ1) is 30.4. The molecular formula is C34H50O4. The zero-order chi connectivity index (χ0) is 27.8. The molecule has 3 unspecified atom stereocenters. The van der Waals surface area contributed by atoms with Gasteiger partial charge in [0.05, 0.1) is 6.42 Å². The molecule has 0 bridgehead atoms. The van der Waals surface area contributed by atoms with Gasteiger partial charge in [-0.05, 0) is 92.9 Å². The van der Waals surface area contributed by atoms with E-state index >= 15 is 0 Å². The van der Waals surface area contributed by atoms with Gasteiger partial charge < -0.3 is 0 Å². The van der Waals surface area contributed by atoms with E-state index in [1.165, 1.54) is 37.3 Å². The molecule has 0 radical (unpaired) electrons. The first-order valence-corrected chi connectivity index (χ1v) is 15.4. The maximum absolute atomic E-state index is 13.6. The second-order valence-corrected chi connectivity index (χ2v) is 12.2. The zero-order valence-electron chi connectivity index (χ0n) is 24.6. The first-order chi connectivity index (χ1) is 18.2. The summed E-state index contributed by atoms with van der Waals surface area (Å²) in [6.45, 7) is 9.90. The van der Waals surface area contributed by atoms with Gasteiger partial charge in [-0.1, -0.05) is 58.9 Å². The van der Waals surface area contributed by atoms with Gasteiger partial charge in [0.25, 0.3) is 0 Å². The maximum atomic E-state index is 13.6. The SMILES string of the molecule is CCCC(CC1CC(=O)c2c(C)c(CC)cc(CCC(=O)C3CCCCC3)c2C1)C(CC)C(=O)CC(C)=O. The van der Waals surface area contributed by atoms with Crippen molar-refractivity contribution in [3.63, 3.8) is 0 Å². The van der Waals surface area contributed by atoms with E-state index in [9.17, 15) is 19.2 Å². The summed E-state index contributed by atoms with van der Waals surface area (Å²) in [5.74, 6) is 1.11. The molecule has 2 aliphatic carbocycles. The first-order valence-electron chi connectivity index (χ1n) is 15.4. The van der Waals surface area contributed by atoms with Gasteiger partial charge in [-0.25, -0.2) is 0 Å². The van der Waals surface area contributed by atoms with Crippen LogP contribution in [0.25, 0.3) is 0 Å². The molecule has 3 atom stereocenters. The molecule has 3 rings (SSSR count). The van der Waals surface area contributed by atoms with Crippen LogP contribution >= 0.6 is 0 Å². The van der Waals surface area contributed by atoms with Crippen molar-refractivity contribution in [3.8, 4) is 0 Å². The molecule has 0 heterocycles. The molecule has 1 aromatic carbocycles. The van der Waals surface area contributed by atoms with Crippen LogP contribution in [0.5, 0.6) is 0 Å². The highest BCUT2D eigenvalue weighted by Gasteiger charge is 2.34. The summed E-state index contributed by atoms with van der Waals surface area (Å²) in [6.07, 6.45) is 12.7. The Morgan fingerprint density at radius 3 is 2.32 bits per heavy atom. The van der Waals surface area contributed by atoms with E-state index in [1.54, 1.807) is 0 Å². The van der Waals surface area contributed by atoms with Gasteiger partial charge in [-0.15, -0.1) is 0 Å². The average Bonchev–Trinajstić information content (AvgIpc) is 2.88. The van der Waals surface area contributed by atoms with Gasteiger partial charge in [0.2, 0.25) is 0 Å². The summed E-state index contributed by atoms with van der Waals surface area (Å²) in [5.41, 5.74) is 5.60. The molecule has 0 aromatic heterocycles. The zero-order valence-corrected chi connectivity index (χ0v) is 24.6. The number of carbonyl (C=O) groups excluding carboxylic acids is 4. The van der Waals surface area contributed by atoms with E-state index in [0.29, 0.717) is 18.6 Å². The third-order valence-electron chi connectivity index (χ3n) is 9.36. The lowest BCUT2D eigenvalue weighted by Crippen LogP contribution is -2.30. The number of hydrogen-bond acceptors (Lipinski definition) is 4. The van der Waals surface area contributed by atoms with Crippen LogP contribution in [0.15, 0.2) is 6.07 Å². The normalized spacial score (nSPS) is 19.6. The lowest BCUT2D eigenvalue weighted by Gasteiger charge is -2.33. The minimum atomic E-state index is -0.118. The Balaban J connectivity index is 1.84. The Kier molecular flexibility index (Phi) is 11.5. The monoisotopic (exact) mass is 522 g/mol. The molecule has 210 valence electrons. The van der Waals surface area contributed by atoms with Crippen LogP contribution in [0.3, 0.4) is 0 Å². The van der Waals surface area contributed by atoms with Crippen molar-refractivity contribution >= 4 is 23.1 Å². The summed E-state index contributed by atoms with van der Waals surface area (Å²) >= 11 is 0. The lowest BCUT2D eigenvalue weighted by molar-refractivity contribution is -0.130. The second-order valence-electron chi connectivity index (χ2n) is 12.2. The van der Waals surface area contributed by atoms with E-state index in [0.717, 1.165) is 74.5 Å². The van der Waals surface area contributed by atoms with Crippen molar-refractivity contribution in [3.05, 3.63) is 33.9 Å². The number of benzene rings is 1. The number of carbonyl (C=O) groups is 4. The topological polar surface area (TPSA) is 68.3 Å². The average molecular weight is 523 g/mol. The van der Waals surface area contributed by atoms with Gasteiger partial charge in [0.1, 0.15) is 17.3 Å². The lowest BCUT2D eigenvalue weighted by atomic mass is 9.70. The predicted molar refractivity (Wildman–Crippen MR) is 154 cm³/mol. The fraction of sp³-hybridized carbons (Fsp3) is 0.706. The predicted octanol–water partition coefficient (Wildman–Crippen LogP) is 7.77. The van der Waals surface area contributed by atoms with Crippen molar-refractivity contribution < 1.29 is 19.2 Å². The molecule has 2 aliphatic rings. The molecular weight excluding hydrogens is 472 g/mol. The molecule has 1 saturated carbocycles. The Hall–Kier alpha value is -2.10. The van der Waals surface area contributed by atoms with Crippen LogP contribution in [0, 0.1) is 30.6 Å². The largest absolute Gasteiger partial charge is 0.300 e. The quantitative estimate of drug-likeness (QED) is 0.234. The van der Waals surface area contributed by atoms with Gasteiger partial charge in [-0.3, -0.25) is 19.2 Å². The number of ketones is 4. The Morgan fingerprint density at radius 2 is 1.71 bits per heavy atom. The van der Waals surface area contributed by atoms with Gasteiger partial charge in [0, 0.05) is 30.2 Å². The maximum Gasteiger partial charge on any atom is 0.163 e. The smallest absolute Gasteiger partial charge is 0.163 e. The highest BCUT2D eigenvalue weighted by atomic mass is 16.1. The minimum Gasteiger partial charge on any atom is -0.300 e. The molecule has 38 heavy (non-hydrogen) atoms. The van der Waals surface area contributed by atoms with Crippen LogP contribution in [0.1, 0.15) is 137 Å². The van der Waals surface area contributed by atoms with Gasteiger partial charge >= 0.3 is 0 Å². The molecule has 1 fully saturated rings. The summed E-state index contributed by atoms with van der Waals surface area (Å²) in [7, 11) is 0. The molecule has 4 heteroatoms. The third kappa shape index (κ3) is 7.51. The number of fused-ring (bicyclic) bond motifs is 1. The fourth-order valence-corrected chi connectivity index (χ4v) is 7.41. The number of hydrogen-bond donors (Lipinski definition) is 0. The van der Waals surface area contributed by atoms with Crippen LogP contribution in [-0.2, 0) is 33.6 Å². The molecule has 0 amide bonds. The van der Waals surface area contributed by atoms with Crippen LogP contribution in [0.4, 0.5) is 0 Å². The van der Waals surface area contributed by atoms with Crippen molar-refractivity contribution in [1.82, 2.24) is 0 Å². The van der Waals surface area contributed by atoms with E-state index < -0.39 is 0 Å².